The van der Waals surface area contributed by atoms with Gasteiger partial charge in [0, 0.05) is 23.4 Å². The highest BCUT2D eigenvalue weighted by Gasteiger charge is 2.30. The maximum Gasteiger partial charge on any atom is 0.416 e. The van der Waals surface area contributed by atoms with Crippen LogP contribution in [0.3, 0.4) is 0 Å². The van der Waals surface area contributed by atoms with E-state index in [2.05, 4.69) is 10.3 Å². The minimum absolute atomic E-state index is 0.144. The lowest BCUT2D eigenvalue weighted by atomic mass is 10.1. The molecule has 0 fully saturated rings. The molecule has 1 aromatic heterocycles. The summed E-state index contributed by atoms with van der Waals surface area (Å²) in [6.45, 7) is 1.71. The van der Waals surface area contributed by atoms with Crippen LogP contribution in [0.5, 0.6) is 0 Å². The number of alkyl halides is 3. The van der Waals surface area contributed by atoms with E-state index in [1.807, 2.05) is 12.1 Å². The minimum Gasteiger partial charge on any atom is -0.441 e. The highest BCUT2D eigenvalue weighted by molar-refractivity contribution is 6.30. The summed E-state index contributed by atoms with van der Waals surface area (Å²) in [7, 11) is 0. The molecule has 1 atom stereocenters. The van der Waals surface area contributed by atoms with Crippen molar-refractivity contribution in [3.8, 4) is 11.3 Å². The number of nitrogens with one attached hydrogen (secondary N) is 1. The molecule has 0 bridgehead atoms. The largest absolute Gasteiger partial charge is 0.441 e. The van der Waals surface area contributed by atoms with E-state index in [1.165, 1.54) is 12.1 Å². The molecule has 0 aliphatic carbocycles. The van der Waals surface area contributed by atoms with Crippen LogP contribution in [0.15, 0.2) is 59.1 Å². The maximum atomic E-state index is 12.6. The Morgan fingerprint density at radius 3 is 2.41 bits per heavy atom. The number of carbonyl (C=O) groups excluding carboxylic acids is 1. The van der Waals surface area contributed by atoms with Gasteiger partial charge < -0.3 is 9.73 Å². The second kappa shape index (κ2) is 8.69. The molecule has 0 aliphatic heterocycles. The van der Waals surface area contributed by atoms with E-state index < -0.39 is 17.8 Å². The number of benzene rings is 2. The van der Waals surface area contributed by atoms with Crippen molar-refractivity contribution in [1.82, 2.24) is 10.3 Å². The average molecular weight is 423 g/mol. The Bertz CT molecular complexity index is 967. The molecule has 8 heteroatoms. The zero-order chi connectivity index (χ0) is 21.0. The lowest BCUT2D eigenvalue weighted by Gasteiger charge is -2.15. The van der Waals surface area contributed by atoms with Crippen LogP contribution in [0.2, 0.25) is 5.02 Å². The van der Waals surface area contributed by atoms with Crippen LogP contribution >= 0.6 is 11.6 Å². The number of amides is 1. The number of halogens is 4. The van der Waals surface area contributed by atoms with Crippen molar-refractivity contribution in [2.24, 2.45) is 0 Å². The number of rotatable bonds is 6. The molecular formula is C21H18ClF3N2O2. The zero-order valence-corrected chi connectivity index (χ0v) is 16.2. The molecule has 1 heterocycles. The highest BCUT2D eigenvalue weighted by Crippen LogP contribution is 2.30. The molecule has 4 nitrogen and oxygen atoms in total. The van der Waals surface area contributed by atoms with E-state index in [9.17, 15) is 18.0 Å². The number of oxazole rings is 1. The van der Waals surface area contributed by atoms with E-state index in [1.54, 1.807) is 25.3 Å². The molecule has 3 aromatic rings. The SMILES string of the molecule is C[C@@H](NC(=O)CCc1ncc(-c2ccc(Cl)cc2)o1)c1ccc(C(F)(F)F)cc1. The summed E-state index contributed by atoms with van der Waals surface area (Å²) in [5.74, 6) is 0.756. The third-order valence-electron chi connectivity index (χ3n) is 4.36. The van der Waals surface area contributed by atoms with Gasteiger partial charge in [-0.2, -0.15) is 13.2 Å². The van der Waals surface area contributed by atoms with Gasteiger partial charge in [-0.1, -0.05) is 23.7 Å². The summed E-state index contributed by atoms with van der Waals surface area (Å²) < 4.78 is 43.5. The summed E-state index contributed by atoms with van der Waals surface area (Å²) in [6, 6.07) is 11.4. The van der Waals surface area contributed by atoms with Gasteiger partial charge in [0.2, 0.25) is 5.91 Å². The van der Waals surface area contributed by atoms with Gasteiger partial charge in [0.05, 0.1) is 17.8 Å². The summed E-state index contributed by atoms with van der Waals surface area (Å²) in [6.07, 6.45) is -2.35. The van der Waals surface area contributed by atoms with E-state index in [0.717, 1.165) is 17.7 Å². The van der Waals surface area contributed by atoms with Crippen molar-refractivity contribution in [3.05, 3.63) is 76.8 Å². The fourth-order valence-corrected chi connectivity index (χ4v) is 2.88. The molecule has 1 amide bonds. The van der Waals surface area contributed by atoms with Crippen molar-refractivity contribution < 1.29 is 22.4 Å². The number of carbonyl (C=O) groups is 1. The molecule has 0 unspecified atom stereocenters. The van der Waals surface area contributed by atoms with Crippen molar-refractivity contribution in [3.63, 3.8) is 0 Å². The van der Waals surface area contributed by atoms with E-state index in [4.69, 9.17) is 16.0 Å². The average Bonchev–Trinajstić information content (AvgIpc) is 3.15. The van der Waals surface area contributed by atoms with Crippen molar-refractivity contribution in [2.45, 2.75) is 32.0 Å². The second-order valence-corrected chi connectivity index (χ2v) is 6.97. The second-order valence-electron chi connectivity index (χ2n) is 6.53. The number of aryl methyl sites for hydroxylation is 1. The first kappa shape index (κ1) is 20.9. The normalized spacial score (nSPS) is 12.6. The van der Waals surface area contributed by atoms with Gasteiger partial charge in [0.15, 0.2) is 11.7 Å². The van der Waals surface area contributed by atoms with Crippen LogP contribution in [0.1, 0.15) is 36.4 Å². The van der Waals surface area contributed by atoms with Gasteiger partial charge in [-0.3, -0.25) is 4.79 Å². The first-order valence-corrected chi connectivity index (χ1v) is 9.27. The number of hydrogen-bond acceptors (Lipinski definition) is 3. The van der Waals surface area contributed by atoms with Gasteiger partial charge >= 0.3 is 6.18 Å². The number of aromatic nitrogens is 1. The molecule has 0 spiro atoms. The Morgan fingerprint density at radius 2 is 1.79 bits per heavy atom. The van der Waals surface area contributed by atoms with Crippen molar-refractivity contribution in [1.29, 1.82) is 0 Å². The molecular weight excluding hydrogens is 405 g/mol. The Kier molecular flexibility index (Phi) is 6.27. The Hall–Kier alpha value is -2.80. The smallest absolute Gasteiger partial charge is 0.416 e. The third kappa shape index (κ3) is 5.60. The highest BCUT2D eigenvalue weighted by atomic mass is 35.5. The lowest BCUT2D eigenvalue weighted by Crippen LogP contribution is -2.26. The van der Waals surface area contributed by atoms with Crippen LogP contribution in [0.4, 0.5) is 13.2 Å². The van der Waals surface area contributed by atoms with Gasteiger partial charge in [-0.15, -0.1) is 0 Å². The van der Waals surface area contributed by atoms with E-state index in [0.29, 0.717) is 28.7 Å². The molecule has 0 saturated carbocycles. The predicted octanol–water partition coefficient (Wildman–Crippen LogP) is 5.82. The monoisotopic (exact) mass is 422 g/mol. The molecule has 0 radical (unpaired) electrons. The minimum atomic E-state index is -4.38. The first-order valence-electron chi connectivity index (χ1n) is 8.89. The molecule has 2 aromatic carbocycles. The molecule has 3 rings (SSSR count). The topological polar surface area (TPSA) is 55.1 Å². The molecule has 152 valence electrons. The van der Waals surface area contributed by atoms with Crippen LogP contribution in [-0.4, -0.2) is 10.9 Å². The zero-order valence-electron chi connectivity index (χ0n) is 15.5. The van der Waals surface area contributed by atoms with Crippen LogP contribution in [-0.2, 0) is 17.4 Å². The van der Waals surface area contributed by atoms with Crippen LogP contribution < -0.4 is 5.32 Å². The summed E-state index contributed by atoms with van der Waals surface area (Å²) in [5.41, 5.74) is 0.696. The number of hydrogen-bond donors (Lipinski definition) is 1. The quantitative estimate of drug-likeness (QED) is 0.544. The Balaban J connectivity index is 1.53. The maximum absolute atomic E-state index is 12.6. The molecule has 0 aliphatic rings. The predicted molar refractivity (Wildman–Crippen MR) is 103 cm³/mol. The first-order chi connectivity index (χ1) is 13.7. The van der Waals surface area contributed by atoms with Crippen LogP contribution in [0, 0.1) is 0 Å². The lowest BCUT2D eigenvalue weighted by molar-refractivity contribution is -0.137. The Morgan fingerprint density at radius 1 is 1.14 bits per heavy atom. The third-order valence-corrected chi connectivity index (χ3v) is 4.62. The fourth-order valence-electron chi connectivity index (χ4n) is 2.75. The fraction of sp³-hybridized carbons (Fsp3) is 0.238. The van der Waals surface area contributed by atoms with E-state index in [-0.39, 0.29) is 12.3 Å². The van der Waals surface area contributed by atoms with E-state index >= 15 is 0 Å². The van der Waals surface area contributed by atoms with Gasteiger partial charge in [-0.25, -0.2) is 4.98 Å². The molecule has 29 heavy (non-hydrogen) atoms. The summed E-state index contributed by atoms with van der Waals surface area (Å²) in [4.78, 5) is 16.3. The van der Waals surface area contributed by atoms with Gasteiger partial charge in [0.1, 0.15) is 0 Å². The number of nitrogens with zero attached hydrogens (tertiary/aromatic N) is 1. The van der Waals surface area contributed by atoms with Crippen LogP contribution in [0.25, 0.3) is 11.3 Å². The van der Waals surface area contributed by atoms with Gasteiger partial charge in [-0.05, 0) is 48.9 Å². The summed E-state index contributed by atoms with van der Waals surface area (Å²) in [5, 5.41) is 3.38. The molecule has 1 N–H and O–H groups in total. The Labute approximate surface area is 170 Å². The molecule has 0 saturated heterocycles. The van der Waals surface area contributed by atoms with Crippen molar-refractivity contribution >= 4 is 17.5 Å². The standard InChI is InChI=1S/C21H18ClF3N2O2/c1-13(14-2-6-16(7-3-14)21(23,24)25)27-19(28)10-11-20-26-12-18(29-20)15-4-8-17(22)9-5-15/h2-9,12-13H,10-11H2,1H3,(H,27,28)/t13-/m1/s1. The van der Waals surface area contributed by atoms with Gasteiger partial charge in [0.25, 0.3) is 0 Å². The summed E-state index contributed by atoms with van der Waals surface area (Å²) >= 11 is 5.86. The van der Waals surface area contributed by atoms with Crippen molar-refractivity contribution in [2.75, 3.05) is 0 Å².